The summed E-state index contributed by atoms with van der Waals surface area (Å²) in [7, 11) is 0. The number of nitrogens with zero attached hydrogens (tertiary/aromatic N) is 6. The van der Waals surface area contributed by atoms with Crippen molar-refractivity contribution in [1.82, 2.24) is 24.6 Å². The normalized spacial score (nSPS) is 19.3. The maximum absolute atomic E-state index is 14.1. The topological polar surface area (TPSA) is 103 Å². The Bertz CT molecular complexity index is 1130. The Hall–Kier alpha value is -3.38. The maximum atomic E-state index is 14.1. The molecule has 0 saturated carbocycles. The molecule has 0 radical (unpaired) electrons. The Kier molecular flexibility index (Phi) is 5.54. The monoisotopic (exact) mass is 460 g/mol. The number of benzene rings is 1. The number of piperazine rings is 1. The van der Waals surface area contributed by atoms with Crippen molar-refractivity contribution in [3.05, 3.63) is 53.8 Å². The molecule has 0 spiro atoms. The smallest absolute Gasteiger partial charge is 0.217 e. The molecule has 0 bridgehead atoms. The molecule has 1 fully saturated rings. The molecule has 3 N–H and O–H groups in total. The molecule has 0 aliphatic carbocycles. The van der Waals surface area contributed by atoms with Gasteiger partial charge in [-0.05, 0) is 12.1 Å². The Labute approximate surface area is 187 Å². The van der Waals surface area contributed by atoms with Crippen LogP contribution in [0.5, 0.6) is 0 Å². The lowest BCUT2D eigenvalue weighted by Crippen LogP contribution is -2.53. The van der Waals surface area contributed by atoms with Crippen LogP contribution in [-0.2, 0) is 6.42 Å². The van der Waals surface area contributed by atoms with Crippen molar-refractivity contribution < 1.29 is 17.6 Å². The number of halogens is 3. The van der Waals surface area contributed by atoms with Crippen LogP contribution in [0.15, 0.2) is 34.9 Å². The molecule has 3 aromatic rings. The zero-order valence-corrected chi connectivity index (χ0v) is 17.7. The van der Waals surface area contributed by atoms with Crippen molar-refractivity contribution >= 4 is 11.5 Å². The highest BCUT2D eigenvalue weighted by Crippen LogP contribution is 2.26. The van der Waals surface area contributed by atoms with Gasteiger partial charge in [-0.3, -0.25) is 16.0 Å². The van der Waals surface area contributed by atoms with Gasteiger partial charge in [0.1, 0.15) is 23.2 Å². The van der Waals surface area contributed by atoms with Crippen LogP contribution in [0.3, 0.4) is 0 Å². The number of fused-ring (bicyclic) bond motifs is 1. The molecule has 2 aromatic heterocycles. The molecule has 5 rings (SSSR count). The first-order valence-electron chi connectivity index (χ1n) is 10.6. The van der Waals surface area contributed by atoms with Crippen molar-refractivity contribution in [3.8, 4) is 11.6 Å². The van der Waals surface area contributed by atoms with Crippen LogP contribution >= 0.6 is 0 Å². The summed E-state index contributed by atoms with van der Waals surface area (Å²) in [6.07, 6.45) is 1.18. The number of nitrogens with one attached hydrogen (secondary N) is 1. The molecule has 1 unspecified atom stereocenters. The highest BCUT2D eigenvalue weighted by Gasteiger charge is 2.31. The van der Waals surface area contributed by atoms with Gasteiger partial charge in [0.2, 0.25) is 5.82 Å². The van der Waals surface area contributed by atoms with Crippen LogP contribution < -0.4 is 10.6 Å². The fourth-order valence-electron chi connectivity index (χ4n) is 4.29. The van der Waals surface area contributed by atoms with Gasteiger partial charge in [-0.2, -0.15) is 0 Å². The lowest BCUT2D eigenvalue weighted by Gasteiger charge is -2.39. The van der Waals surface area contributed by atoms with Crippen LogP contribution in [0, 0.1) is 22.9 Å². The first-order valence-corrected chi connectivity index (χ1v) is 10.6. The predicted molar refractivity (Wildman–Crippen MR) is 114 cm³/mol. The highest BCUT2D eigenvalue weighted by molar-refractivity contribution is 5.82. The molecule has 1 atom stereocenters. The largest absolute Gasteiger partial charge is 0.461 e. The van der Waals surface area contributed by atoms with Crippen molar-refractivity contribution in [2.75, 3.05) is 44.2 Å². The van der Waals surface area contributed by atoms with Crippen LogP contribution in [0.1, 0.15) is 12.1 Å². The SMILES string of the molecule is N=C1Cc2nc(-c3ccco3)nn2C(N)N1CCN1CCN(c2c(F)cc(F)cc2F)CC1. The average Bonchev–Trinajstić information content (AvgIpc) is 3.44. The minimum absolute atomic E-state index is 0.193. The van der Waals surface area contributed by atoms with E-state index in [4.69, 9.17) is 15.6 Å². The summed E-state index contributed by atoms with van der Waals surface area (Å²) in [5.74, 6) is -0.808. The van der Waals surface area contributed by atoms with E-state index < -0.39 is 23.7 Å². The van der Waals surface area contributed by atoms with E-state index in [9.17, 15) is 13.2 Å². The van der Waals surface area contributed by atoms with Crippen molar-refractivity contribution in [1.29, 1.82) is 5.41 Å². The van der Waals surface area contributed by atoms with Gasteiger partial charge in [-0.1, -0.05) is 0 Å². The number of furan rings is 1. The summed E-state index contributed by atoms with van der Waals surface area (Å²) >= 11 is 0. The highest BCUT2D eigenvalue weighted by atomic mass is 19.1. The van der Waals surface area contributed by atoms with E-state index in [1.165, 1.54) is 0 Å². The van der Waals surface area contributed by atoms with Crippen LogP contribution in [-0.4, -0.2) is 69.7 Å². The third kappa shape index (κ3) is 4.07. The lowest BCUT2D eigenvalue weighted by molar-refractivity contribution is 0.164. The van der Waals surface area contributed by atoms with Gasteiger partial charge in [0, 0.05) is 51.4 Å². The number of hydrogen-bond donors (Lipinski definition) is 2. The van der Waals surface area contributed by atoms with Gasteiger partial charge in [-0.15, -0.1) is 5.10 Å². The molecule has 4 heterocycles. The molecule has 1 saturated heterocycles. The Balaban J connectivity index is 1.20. The molecule has 174 valence electrons. The molecule has 9 nitrogen and oxygen atoms in total. The van der Waals surface area contributed by atoms with E-state index in [0.717, 1.165) is 0 Å². The van der Waals surface area contributed by atoms with Gasteiger partial charge in [-0.25, -0.2) is 22.8 Å². The standard InChI is InChI=1S/C21H23F3N8O/c22-13-10-14(23)19(15(24)11-13)30-6-3-29(4-7-30)5-8-31-17(25)12-18-27-20(16-2-1-9-33-16)28-32(18)21(31)26/h1-2,9-11,21,25H,3-8,12,26H2. The summed E-state index contributed by atoms with van der Waals surface area (Å²) in [5, 5.41) is 12.9. The minimum Gasteiger partial charge on any atom is -0.461 e. The minimum atomic E-state index is -0.931. The van der Waals surface area contributed by atoms with E-state index in [1.807, 2.05) is 0 Å². The average molecular weight is 460 g/mol. The van der Waals surface area contributed by atoms with Crippen LogP contribution in [0.25, 0.3) is 11.6 Å². The Morgan fingerprint density at radius 3 is 2.48 bits per heavy atom. The molecular weight excluding hydrogens is 437 g/mol. The van der Waals surface area contributed by atoms with E-state index >= 15 is 0 Å². The molecule has 1 aromatic carbocycles. The zero-order chi connectivity index (χ0) is 23.1. The van der Waals surface area contributed by atoms with Gasteiger partial charge < -0.3 is 14.2 Å². The Morgan fingerprint density at radius 2 is 1.82 bits per heavy atom. The second-order valence-electron chi connectivity index (χ2n) is 8.05. The fraction of sp³-hybridized carbons (Fsp3) is 0.381. The number of amidine groups is 1. The van der Waals surface area contributed by atoms with Gasteiger partial charge in [0.15, 0.2) is 23.7 Å². The molecule has 33 heavy (non-hydrogen) atoms. The first kappa shape index (κ1) is 21.5. The molecule has 0 amide bonds. The second kappa shape index (κ2) is 8.52. The van der Waals surface area contributed by atoms with E-state index in [-0.39, 0.29) is 5.69 Å². The van der Waals surface area contributed by atoms with E-state index in [0.29, 0.717) is 81.1 Å². The van der Waals surface area contributed by atoms with Gasteiger partial charge >= 0.3 is 0 Å². The number of anilines is 1. The summed E-state index contributed by atoms with van der Waals surface area (Å²) in [6, 6.07) is 4.91. The van der Waals surface area contributed by atoms with Crippen molar-refractivity contribution in [2.45, 2.75) is 12.7 Å². The summed E-state index contributed by atoms with van der Waals surface area (Å²) in [5.41, 5.74) is 6.19. The molecule has 2 aliphatic rings. The summed E-state index contributed by atoms with van der Waals surface area (Å²) in [4.78, 5) is 9.94. The van der Waals surface area contributed by atoms with E-state index in [2.05, 4.69) is 15.0 Å². The first-order chi connectivity index (χ1) is 15.9. The van der Waals surface area contributed by atoms with E-state index in [1.54, 1.807) is 32.9 Å². The van der Waals surface area contributed by atoms with Crippen molar-refractivity contribution in [2.24, 2.45) is 5.73 Å². The number of aromatic nitrogens is 3. The van der Waals surface area contributed by atoms with Gasteiger partial charge in [0.25, 0.3) is 0 Å². The summed E-state index contributed by atoms with van der Waals surface area (Å²) in [6.45, 7) is 3.07. The Morgan fingerprint density at radius 1 is 1.09 bits per heavy atom. The zero-order valence-electron chi connectivity index (χ0n) is 17.7. The second-order valence-corrected chi connectivity index (χ2v) is 8.05. The van der Waals surface area contributed by atoms with Gasteiger partial charge in [0.05, 0.1) is 12.7 Å². The molecular formula is C21H23F3N8O. The molecule has 12 heteroatoms. The lowest BCUT2D eigenvalue weighted by atomic mass is 10.2. The van der Waals surface area contributed by atoms with Crippen molar-refractivity contribution in [3.63, 3.8) is 0 Å². The molecule has 2 aliphatic heterocycles. The maximum Gasteiger partial charge on any atom is 0.217 e. The third-order valence-corrected chi connectivity index (χ3v) is 6.01. The quantitative estimate of drug-likeness (QED) is 0.601. The summed E-state index contributed by atoms with van der Waals surface area (Å²) < 4.78 is 48.3. The predicted octanol–water partition coefficient (Wildman–Crippen LogP) is 2.03. The number of rotatable bonds is 5. The van der Waals surface area contributed by atoms with Crippen LogP contribution in [0.4, 0.5) is 18.9 Å². The fourth-order valence-corrected chi connectivity index (χ4v) is 4.29. The number of nitrogens with two attached hydrogens (primary N) is 1. The number of hydrogen-bond acceptors (Lipinski definition) is 7. The van der Waals surface area contributed by atoms with Crippen LogP contribution in [0.2, 0.25) is 0 Å². The third-order valence-electron chi connectivity index (χ3n) is 6.01.